The van der Waals surface area contributed by atoms with E-state index in [0.717, 1.165) is 0 Å². The molecule has 0 aliphatic carbocycles. The summed E-state index contributed by atoms with van der Waals surface area (Å²) in [6.45, 7) is 11.1. The number of imide groups is 1. The monoisotopic (exact) mass is 430 g/mol. The molecule has 1 saturated heterocycles. The van der Waals surface area contributed by atoms with Crippen molar-refractivity contribution in [3.05, 3.63) is 39.9 Å². The molecule has 2 heterocycles. The van der Waals surface area contributed by atoms with Gasteiger partial charge in [-0.05, 0) is 51.8 Å². The Kier molecular flexibility index (Phi) is 7.54. The predicted molar refractivity (Wildman–Crippen MR) is 117 cm³/mol. The van der Waals surface area contributed by atoms with Gasteiger partial charge in [0, 0.05) is 13.0 Å². The number of aryl methyl sites for hydroxylation is 1. The second-order valence-corrected chi connectivity index (χ2v) is 8.01. The highest BCUT2D eigenvalue weighted by Gasteiger charge is 2.30. The number of hydrogen-bond acceptors (Lipinski definition) is 6. The van der Waals surface area contributed by atoms with Gasteiger partial charge in [0.2, 0.25) is 11.8 Å². The number of carbonyl (C=O) groups is 3. The van der Waals surface area contributed by atoms with E-state index >= 15 is 0 Å². The molecule has 1 aromatic heterocycles. The molecule has 0 spiro atoms. The van der Waals surface area contributed by atoms with Crippen molar-refractivity contribution in [2.75, 3.05) is 0 Å². The zero-order chi connectivity index (χ0) is 23.3. The maximum atomic E-state index is 13.1. The van der Waals surface area contributed by atoms with Gasteiger partial charge in [0.05, 0.1) is 10.9 Å². The molecular formula is C22H30N4O5. The number of amides is 3. The summed E-state index contributed by atoms with van der Waals surface area (Å²) >= 11 is 0. The Hall–Kier alpha value is -3.23. The van der Waals surface area contributed by atoms with Crippen LogP contribution in [0.15, 0.2) is 23.0 Å². The summed E-state index contributed by atoms with van der Waals surface area (Å²) < 4.78 is 6.53. The minimum atomic E-state index is -0.777. The van der Waals surface area contributed by atoms with E-state index in [9.17, 15) is 19.2 Å². The molecule has 31 heavy (non-hydrogen) atoms. The lowest BCUT2D eigenvalue weighted by Gasteiger charge is -2.24. The first-order chi connectivity index (χ1) is 14.5. The minimum absolute atomic E-state index is 0.167. The molecule has 1 unspecified atom stereocenters. The van der Waals surface area contributed by atoms with Crippen LogP contribution in [0.2, 0.25) is 0 Å². The van der Waals surface area contributed by atoms with Crippen molar-refractivity contribution in [1.82, 2.24) is 20.2 Å². The van der Waals surface area contributed by atoms with Gasteiger partial charge in [-0.15, -0.1) is 0 Å². The first-order valence-corrected chi connectivity index (χ1v) is 10.4. The fourth-order valence-corrected chi connectivity index (χ4v) is 3.25. The van der Waals surface area contributed by atoms with Crippen molar-refractivity contribution in [2.45, 2.75) is 72.6 Å². The summed E-state index contributed by atoms with van der Waals surface area (Å²) in [7, 11) is 0. The van der Waals surface area contributed by atoms with E-state index in [1.165, 1.54) is 4.57 Å². The van der Waals surface area contributed by atoms with Crippen molar-refractivity contribution >= 4 is 28.8 Å². The van der Waals surface area contributed by atoms with Crippen LogP contribution in [0.25, 0.3) is 10.9 Å². The molecule has 1 aliphatic heterocycles. The van der Waals surface area contributed by atoms with Crippen LogP contribution in [-0.4, -0.2) is 33.1 Å². The van der Waals surface area contributed by atoms with Gasteiger partial charge >= 0.3 is 6.09 Å². The molecule has 1 atom stereocenters. The van der Waals surface area contributed by atoms with Gasteiger partial charge in [0.15, 0.2) is 0 Å². The molecule has 3 rings (SSSR count). The van der Waals surface area contributed by atoms with Crippen LogP contribution >= 0.6 is 0 Å². The van der Waals surface area contributed by atoms with Gasteiger partial charge < -0.3 is 10.1 Å². The molecular weight excluding hydrogens is 400 g/mol. The minimum Gasteiger partial charge on any atom is -0.444 e. The zero-order valence-corrected chi connectivity index (χ0v) is 18.9. The first kappa shape index (κ1) is 24.0. The first-order valence-electron chi connectivity index (χ1n) is 10.4. The predicted octanol–water partition coefficient (Wildman–Crippen LogP) is 2.73. The Morgan fingerprint density at radius 1 is 1.26 bits per heavy atom. The molecule has 1 fully saturated rings. The van der Waals surface area contributed by atoms with Gasteiger partial charge in [-0.1, -0.05) is 19.9 Å². The van der Waals surface area contributed by atoms with Crippen LogP contribution in [0.1, 0.15) is 64.9 Å². The maximum absolute atomic E-state index is 13.1. The number of aromatic nitrogens is 2. The molecule has 0 saturated carbocycles. The largest absolute Gasteiger partial charge is 0.444 e. The number of nitrogens with zero attached hydrogens (tertiary/aromatic N) is 2. The van der Waals surface area contributed by atoms with Crippen molar-refractivity contribution in [1.29, 1.82) is 0 Å². The van der Waals surface area contributed by atoms with E-state index in [1.54, 1.807) is 45.9 Å². The van der Waals surface area contributed by atoms with Crippen molar-refractivity contribution in [3.8, 4) is 0 Å². The normalized spacial score (nSPS) is 16.3. The number of benzene rings is 1. The van der Waals surface area contributed by atoms with Crippen LogP contribution in [0, 0.1) is 6.92 Å². The topological polar surface area (TPSA) is 119 Å². The number of carbonyl (C=O) groups excluding carboxylic acids is 3. The van der Waals surface area contributed by atoms with E-state index in [1.807, 2.05) is 13.8 Å². The third-order valence-corrected chi connectivity index (χ3v) is 4.50. The van der Waals surface area contributed by atoms with Crippen LogP contribution in [0.4, 0.5) is 4.79 Å². The van der Waals surface area contributed by atoms with E-state index in [2.05, 4.69) is 15.6 Å². The molecule has 2 N–H and O–H groups in total. The highest BCUT2D eigenvalue weighted by Crippen LogP contribution is 2.20. The Morgan fingerprint density at radius 3 is 2.55 bits per heavy atom. The SMILES string of the molecule is CC.Cc1nc2ccc(CNC(=O)OC(C)(C)C)cc2c(=O)n1C1CCC(=O)NC1=O. The highest BCUT2D eigenvalue weighted by molar-refractivity contribution is 5.99. The summed E-state index contributed by atoms with van der Waals surface area (Å²) in [6.07, 6.45) is -0.140. The van der Waals surface area contributed by atoms with Crippen LogP contribution in [0.5, 0.6) is 0 Å². The van der Waals surface area contributed by atoms with Crippen molar-refractivity contribution < 1.29 is 19.1 Å². The van der Waals surface area contributed by atoms with Gasteiger partial charge in [-0.3, -0.25) is 24.3 Å². The second kappa shape index (κ2) is 9.72. The third kappa shape index (κ3) is 5.90. The van der Waals surface area contributed by atoms with Crippen LogP contribution < -0.4 is 16.2 Å². The molecule has 1 aliphatic rings. The molecule has 9 heteroatoms. The number of nitrogens with one attached hydrogen (secondary N) is 2. The number of hydrogen-bond donors (Lipinski definition) is 2. The Morgan fingerprint density at radius 2 is 1.94 bits per heavy atom. The van der Waals surface area contributed by atoms with Crippen LogP contribution in [-0.2, 0) is 20.9 Å². The molecule has 168 valence electrons. The lowest BCUT2D eigenvalue weighted by atomic mass is 10.0. The van der Waals surface area contributed by atoms with Gasteiger partial charge in [-0.25, -0.2) is 9.78 Å². The van der Waals surface area contributed by atoms with Crippen LogP contribution in [0.3, 0.4) is 0 Å². The number of alkyl carbamates (subject to hydrolysis) is 1. The molecule has 0 radical (unpaired) electrons. The maximum Gasteiger partial charge on any atom is 0.407 e. The quantitative estimate of drug-likeness (QED) is 0.723. The molecule has 9 nitrogen and oxygen atoms in total. The summed E-state index contributed by atoms with van der Waals surface area (Å²) in [5.74, 6) is -0.451. The average Bonchev–Trinajstić information content (AvgIpc) is 2.68. The van der Waals surface area contributed by atoms with E-state index in [-0.39, 0.29) is 30.9 Å². The van der Waals surface area contributed by atoms with Gasteiger partial charge in [-0.2, -0.15) is 0 Å². The average molecular weight is 431 g/mol. The Labute approximate surface area is 181 Å². The standard InChI is InChI=1S/C20H24N4O5.C2H6/c1-11-22-14-6-5-12(10-21-19(28)29-20(2,3)4)9-13(14)18(27)24(11)15-7-8-16(25)23-17(15)26;1-2/h5-6,9,15H,7-8,10H2,1-4H3,(H,21,28)(H,23,25,26);1-2H3. The Bertz CT molecular complexity index is 1050. The van der Waals surface area contributed by atoms with Crippen molar-refractivity contribution in [3.63, 3.8) is 0 Å². The van der Waals surface area contributed by atoms with Gasteiger partial charge in [0.1, 0.15) is 17.5 Å². The highest BCUT2D eigenvalue weighted by atomic mass is 16.6. The molecule has 1 aromatic carbocycles. The van der Waals surface area contributed by atoms with Crippen molar-refractivity contribution in [2.24, 2.45) is 0 Å². The molecule has 3 amide bonds. The number of piperidine rings is 1. The van der Waals surface area contributed by atoms with E-state index in [4.69, 9.17) is 4.74 Å². The summed E-state index contributed by atoms with van der Waals surface area (Å²) in [4.78, 5) is 53.0. The fourth-order valence-electron chi connectivity index (χ4n) is 3.25. The van der Waals surface area contributed by atoms with E-state index < -0.39 is 23.6 Å². The fraction of sp³-hybridized carbons (Fsp3) is 0.500. The summed E-state index contributed by atoms with van der Waals surface area (Å²) in [6, 6.07) is 4.33. The zero-order valence-electron chi connectivity index (χ0n) is 18.9. The Balaban J connectivity index is 0.00000166. The van der Waals surface area contributed by atoms with Gasteiger partial charge in [0.25, 0.3) is 5.56 Å². The number of rotatable bonds is 3. The number of ether oxygens (including phenoxy) is 1. The van der Waals surface area contributed by atoms with E-state index in [0.29, 0.717) is 22.3 Å². The third-order valence-electron chi connectivity index (χ3n) is 4.50. The lowest BCUT2D eigenvalue weighted by molar-refractivity contribution is -0.135. The summed E-state index contributed by atoms with van der Waals surface area (Å²) in [5, 5.41) is 5.25. The number of fused-ring (bicyclic) bond motifs is 1. The summed E-state index contributed by atoms with van der Waals surface area (Å²) in [5.41, 5.74) is 0.226. The smallest absolute Gasteiger partial charge is 0.407 e. The second-order valence-electron chi connectivity index (χ2n) is 8.01. The molecule has 2 aromatic rings. The lowest BCUT2D eigenvalue weighted by Crippen LogP contribution is -2.45. The molecule has 0 bridgehead atoms.